The van der Waals surface area contributed by atoms with Gasteiger partial charge in [-0.2, -0.15) is 9.97 Å². The Hall–Kier alpha value is -2.02. The van der Waals surface area contributed by atoms with Gasteiger partial charge in [-0.1, -0.05) is 12.8 Å². The van der Waals surface area contributed by atoms with Crippen molar-refractivity contribution in [2.75, 3.05) is 25.6 Å². The molecule has 1 saturated carbocycles. The van der Waals surface area contributed by atoms with Crippen molar-refractivity contribution in [2.24, 2.45) is 5.92 Å². The Labute approximate surface area is 220 Å². The Bertz CT molecular complexity index is 1160. The largest absolute Gasteiger partial charge is 0.476 e. The molecular weight excluding hydrogens is 527 g/mol. The second kappa shape index (κ2) is 11.4. The van der Waals surface area contributed by atoms with Crippen LogP contribution in [0.25, 0.3) is 11.2 Å². The van der Waals surface area contributed by atoms with Gasteiger partial charge in [0.1, 0.15) is 6.61 Å². The number of nitrogens with zero attached hydrogens (tertiary/aromatic N) is 4. The SMILES string of the molecule is CCOc1nc(N)nc2c1ncn2C1OC(COP(=O)(O)NC(C)COC(=O)C2CCCC2)CC1(C)Cl. The Kier molecular flexibility index (Phi) is 8.61. The van der Waals surface area contributed by atoms with Gasteiger partial charge < -0.3 is 24.8 Å². The average Bonchev–Trinajstić information content (AvgIpc) is 3.55. The van der Waals surface area contributed by atoms with Crippen molar-refractivity contribution < 1.29 is 33.0 Å². The van der Waals surface area contributed by atoms with E-state index in [2.05, 4.69) is 20.0 Å². The molecule has 2 aromatic rings. The number of nitrogens with one attached hydrogen (secondary N) is 1. The first-order valence-electron chi connectivity index (χ1n) is 12.4. The number of nitrogen functional groups attached to an aromatic ring is 1. The highest BCUT2D eigenvalue weighted by Crippen LogP contribution is 2.46. The van der Waals surface area contributed by atoms with Crippen LogP contribution in [0.3, 0.4) is 0 Å². The predicted octanol–water partition coefficient (Wildman–Crippen LogP) is 2.92. The Balaban J connectivity index is 1.34. The zero-order valence-electron chi connectivity index (χ0n) is 21.1. The van der Waals surface area contributed by atoms with Gasteiger partial charge in [0, 0.05) is 6.04 Å². The molecule has 0 radical (unpaired) electrons. The molecule has 0 spiro atoms. The van der Waals surface area contributed by atoms with E-state index in [-0.39, 0.29) is 36.9 Å². The number of alkyl halides is 1. The van der Waals surface area contributed by atoms with Crippen LogP contribution in [0.2, 0.25) is 0 Å². The van der Waals surface area contributed by atoms with Crippen LogP contribution in [-0.4, -0.2) is 67.2 Å². The standard InChI is InChI=1S/C22H34ClN6O7P/c1-4-33-18-16-17(26-21(24)27-18)29(12-25-16)20-22(3,23)9-15(36-20)11-35-37(31,32)28-13(2)10-34-19(30)14-7-5-6-8-14/h12-15,20H,4-11H2,1-3H3,(H2,24,26,27)(H2,28,31,32). The third-order valence-corrected chi connectivity index (χ3v) is 7.99. The Morgan fingerprint density at radius 3 is 2.86 bits per heavy atom. The number of carbonyl (C=O) groups excluding carboxylic acids is 1. The quantitative estimate of drug-likeness (QED) is 0.208. The summed E-state index contributed by atoms with van der Waals surface area (Å²) in [5, 5.41) is 2.50. The van der Waals surface area contributed by atoms with Crippen LogP contribution in [0.15, 0.2) is 6.33 Å². The van der Waals surface area contributed by atoms with Crippen molar-refractivity contribution in [2.45, 2.75) is 76.1 Å². The molecule has 4 rings (SSSR count). The first-order valence-corrected chi connectivity index (χ1v) is 14.3. The maximum absolute atomic E-state index is 12.6. The summed E-state index contributed by atoms with van der Waals surface area (Å²) in [6, 6.07) is -0.585. The maximum Gasteiger partial charge on any atom is 0.403 e. The molecule has 2 fully saturated rings. The van der Waals surface area contributed by atoms with Gasteiger partial charge in [-0.25, -0.2) is 14.6 Å². The number of nitrogens with two attached hydrogens (primary N) is 1. The van der Waals surface area contributed by atoms with E-state index in [4.69, 9.17) is 36.1 Å². The molecule has 5 unspecified atom stereocenters. The van der Waals surface area contributed by atoms with Crippen LogP contribution in [0, 0.1) is 5.92 Å². The molecule has 37 heavy (non-hydrogen) atoms. The Morgan fingerprint density at radius 1 is 1.43 bits per heavy atom. The lowest BCUT2D eigenvalue weighted by molar-refractivity contribution is -0.148. The highest BCUT2D eigenvalue weighted by Gasteiger charge is 2.46. The number of hydrogen-bond donors (Lipinski definition) is 3. The number of imidazole rings is 1. The minimum Gasteiger partial charge on any atom is -0.476 e. The minimum atomic E-state index is -4.21. The molecule has 1 saturated heterocycles. The lowest BCUT2D eigenvalue weighted by Gasteiger charge is -2.24. The molecule has 0 aromatic carbocycles. The molecular formula is C22H34ClN6O7P. The summed E-state index contributed by atoms with van der Waals surface area (Å²) in [6.07, 6.45) is 4.23. The van der Waals surface area contributed by atoms with Crippen molar-refractivity contribution in [1.82, 2.24) is 24.6 Å². The lowest BCUT2D eigenvalue weighted by Crippen LogP contribution is -2.31. The molecule has 13 nitrogen and oxygen atoms in total. The van der Waals surface area contributed by atoms with Crippen LogP contribution in [0.4, 0.5) is 5.95 Å². The summed E-state index contributed by atoms with van der Waals surface area (Å²) in [5.41, 5.74) is 6.66. The van der Waals surface area contributed by atoms with Gasteiger partial charge in [0.05, 0.1) is 36.4 Å². The number of hydrogen-bond acceptors (Lipinski definition) is 10. The molecule has 2 aromatic heterocycles. The van der Waals surface area contributed by atoms with Crippen LogP contribution >= 0.6 is 19.3 Å². The van der Waals surface area contributed by atoms with Crippen LogP contribution in [-0.2, 0) is 23.4 Å². The van der Waals surface area contributed by atoms with Crippen molar-refractivity contribution in [1.29, 1.82) is 0 Å². The number of anilines is 1. The maximum atomic E-state index is 12.6. The number of halogens is 1. The number of rotatable bonds is 11. The monoisotopic (exact) mass is 560 g/mol. The minimum absolute atomic E-state index is 0.0159. The third-order valence-electron chi connectivity index (χ3n) is 6.39. The smallest absolute Gasteiger partial charge is 0.403 e. The summed E-state index contributed by atoms with van der Waals surface area (Å²) in [7, 11) is -4.21. The van der Waals surface area contributed by atoms with E-state index in [1.54, 1.807) is 18.4 Å². The van der Waals surface area contributed by atoms with Crippen molar-refractivity contribution >= 4 is 42.4 Å². The molecule has 2 aliphatic rings. The van der Waals surface area contributed by atoms with E-state index in [0.717, 1.165) is 25.7 Å². The van der Waals surface area contributed by atoms with Gasteiger partial charge in [0.15, 0.2) is 17.4 Å². The fourth-order valence-electron chi connectivity index (χ4n) is 4.71. The van der Waals surface area contributed by atoms with E-state index in [1.165, 1.54) is 6.33 Å². The highest BCUT2D eigenvalue weighted by molar-refractivity contribution is 7.50. The van der Waals surface area contributed by atoms with Gasteiger partial charge in [-0.05, 0) is 40.0 Å². The second-order valence-corrected chi connectivity index (χ2v) is 12.1. The zero-order valence-corrected chi connectivity index (χ0v) is 22.8. The van der Waals surface area contributed by atoms with E-state index < -0.39 is 31.0 Å². The fraction of sp³-hybridized carbons (Fsp3) is 0.727. The van der Waals surface area contributed by atoms with Crippen molar-refractivity contribution in [3.63, 3.8) is 0 Å². The summed E-state index contributed by atoms with van der Waals surface area (Å²) in [5.74, 6) is -0.0718. The molecule has 0 amide bonds. The number of aromatic nitrogens is 4. The number of esters is 1. The second-order valence-electron chi connectivity index (χ2n) is 9.69. The van der Waals surface area contributed by atoms with Gasteiger partial charge in [0.2, 0.25) is 11.8 Å². The molecule has 15 heteroatoms. The zero-order chi connectivity index (χ0) is 26.8. The van der Waals surface area contributed by atoms with Gasteiger partial charge in [-0.15, -0.1) is 11.6 Å². The number of ether oxygens (including phenoxy) is 3. The van der Waals surface area contributed by atoms with E-state index in [0.29, 0.717) is 24.2 Å². The summed E-state index contributed by atoms with van der Waals surface area (Å²) in [4.78, 5) is 34.2. The summed E-state index contributed by atoms with van der Waals surface area (Å²) < 4.78 is 36.4. The molecule has 1 aliphatic carbocycles. The first kappa shape index (κ1) is 28.0. The predicted molar refractivity (Wildman–Crippen MR) is 135 cm³/mol. The van der Waals surface area contributed by atoms with Gasteiger partial charge in [-0.3, -0.25) is 13.9 Å². The number of fused-ring (bicyclic) bond motifs is 1. The third kappa shape index (κ3) is 6.71. The lowest BCUT2D eigenvalue weighted by atomic mass is 10.1. The average molecular weight is 561 g/mol. The number of carbonyl (C=O) groups is 1. The summed E-state index contributed by atoms with van der Waals surface area (Å²) >= 11 is 6.79. The van der Waals surface area contributed by atoms with Crippen LogP contribution < -0.4 is 15.6 Å². The van der Waals surface area contributed by atoms with Crippen LogP contribution in [0.1, 0.15) is 59.1 Å². The first-order chi connectivity index (χ1) is 17.5. The molecule has 3 heterocycles. The van der Waals surface area contributed by atoms with Gasteiger partial charge >= 0.3 is 13.7 Å². The van der Waals surface area contributed by atoms with Crippen LogP contribution in [0.5, 0.6) is 5.88 Å². The van der Waals surface area contributed by atoms with Crippen molar-refractivity contribution in [3.8, 4) is 5.88 Å². The molecule has 1 aliphatic heterocycles. The van der Waals surface area contributed by atoms with Gasteiger partial charge in [0.25, 0.3) is 0 Å². The molecule has 0 bridgehead atoms. The molecule has 206 valence electrons. The highest BCUT2D eigenvalue weighted by atomic mass is 35.5. The molecule has 4 N–H and O–H groups in total. The normalized spacial score (nSPS) is 26.8. The Morgan fingerprint density at radius 2 is 2.16 bits per heavy atom. The fourth-order valence-corrected chi connectivity index (χ4v) is 6.11. The topological polar surface area (TPSA) is 173 Å². The molecule has 5 atom stereocenters. The van der Waals surface area contributed by atoms with E-state index in [1.807, 2.05) is 6.92 Å². The summed E-state index contributed by atoms with van der Waals surface area (Å²) in [6.45, 7) is 5.40. The van der Waals surface area contributed by atoms with E-state index >= 15 is 0 Å². The van der Waals surface area contributed by atoms with Crippen molar-refractivity contribution in [3.05, 3.63) is 6.33 Å². The van der Waals surface area contributed by atoms with E-state index in [9.17, 15) is 14.3 Å².